The fourth-order valence-electron chi connectivity index (χ4n) is 2.36. The summed E-state index contributed by atoms with van der Waals surface area (Å²) in [7, 11) is 1.93. The molecule has 1 fully saturated rings. The number of furan rings is 1. The van der Waals surface area contributed by atoms with E-state index in [0.29, 0.717) is 18.9 Å². The molecule has 0 unspecified atom stereocenters. The minimum Gasteiger partial charge on any atom is -0.469 e. The van der Waals surface area contributed by atoms with Gasteiger partial charge in [-0.15, -0.1) is 0 Å². The molecule has 1 aliphatic carbocycles. The van der Waals surface area contributed by atoms with Crippen LogP contribution in [0.5, 0.6) is 0 Å². The van der Waals surface area contributed by atoms with Gasteiger partial charge in [-0.2, -0.15) is 0 Å². The molecular weight excluding hydrogens is 202 g/mol. The number of amides is 1. The predicted octanol–water partition coefficient (Wildman–Crippen LogP) is 2.61. The Morgan fingerprint density at radius 1 is 1.50 bits per heavy atom. The Kier molecular flexibility index (Phi) is 3.65. The van der Waals surface area contributed by atoms with Crippen molar-refractivity contribution in [1.82, 2.24) is 4.90 Å². The van der Waals surface area contributed by atoms with E-state index in [9.17, 15) is 4.79 Å². The van der Waals surface area contributed by atoms with Crippen LogP contribution >= 0.6 is 0 Å². The highest BCUT2D eigenvalue weighted by Gasteiger charge is 2.22. The Hall–Kier alpha value is -1.25. The lowest BCUT2D eigenvalue weighted by molar-refractivity contribution is -0.131. The summed E-state index contributed by atoms with van der Waals surface area (Å²) in [5.74, 6) is 1.14. The summed E-state index contributed by atoms with van der Waals surface area (Å²) in [4.78, 5) is 13.8. The van der Waals surface area contributed by atoms with Gasteiger partial charge < -0.3 is 9.32 Å². The molecule has 3 heteroatoms. The maximum absolute atomic E-state index is 11.9. The second-order valence-corrected chi connectivity index (χ2v) is 4.52. The molecule has 2 rings (SSSR count). The molecule has 0 aliphatic heterocycles. The molecule has 0 spiro atoms. The summed E-state index contributed by atoms with van der Waals surface area (Å²) < 4.78 is 5.22. The zero-order valence-electron chi connectivity index (χ0n) is 9.82. The van der Waals surface area contributed by atoms with Crippen molar-refractivity contribution in [3.05, 3.63) is 24.2 Å². The van der Waals surface area contributed by atoms with Crippen LogP contribution in [0.15, 0.2) is 22.8 Å². The van der Waals surface area contributed by atoms with Crippen LogP contribution in [0.1, 0.15) is 37.9 Å². The zero-order chi connectivity index (χ0) is 11.4. The fourth-order valence-corrected chi connectivity index (χ4v) is 2.36. The van der Waals surface area contributed by atoms with Gasteiger partial charge in [-0.3, -0.25) is 4.79 Å². The monoisotopic (exact) mass is 221 g/mol. The number of nitrogens with zero attached hydrogens (tertiary/aromatic N) is 1. The first-order valence-corrected chi connectivity index (χ1v) is 6.05. The molecule has 3 nitrogen and oxygen atoms in total. The Balaban J connectivity index is 1.78. The minimum atomic E-state index is 0.239. The summed E-state index contributed by atoms with van der Waals surface area (Å²) >= 11 is 0. The molecule has 88 valence electrons. The van der Waals surface area contributed by atoms with Gasteiger partial charge >= 0.3 is 0 Å². The summed E-state index contributed by atoms with van der Waals surface area (Å²) in [6, 6.07) is 4.26. The van der Waals surface area contributed by atoms with Gasteiger partial charge in [-0.1, -0.05) is 12.8 Å². The van der Waals surface area contributed by atoms with E-state index in [1.54, 1.807) is 6.26 Å². The fraction of sp³-hybridized carbons (Fsp3) is 0.615. The van der Waals surface area contributed by atoms with Gasteiger partial charge in [-0.05, 0) is 25.0 Å². The predicted molar refractivity (Wildman–Crippen MR) is 62.1 cm³/mol. The van der Waals surface area contributed by atoms with Crippen LogP contribution in [-0.4, -0.2) is 23.9 Å². The first kappa shape index (κ1) is 11.2. The van der Waals surface area contributed by atoms with E-state index in [4.69, 9.17) is 4.42 Å². The van der Waals surface area contributed by atoms with Gasteiger partial charge in [0.05, 0.1) is 6.26 Å². The third-order valence-corrected chi connectivity index (χ3v) is 3.43. The van der Waals surface area contributed by atoms with Gasteiger partial charge in [0.1, 0.15) is 5.76 Å². The van der Waals surface area contributed by atoms with Crippen LogP contribution in [0, 0.1) is 0 Å². The smallest absolute Gasteiger partial charge is 0.223 e. The maximum Gasteiger partial charge on any atom is 0.223 e. The average Bonchev–Trinajstić information content (AvgIpc) is 2.96. The highest BCUT2D eigenvalue weighted by molar-refractivity contribution is 5.76. The average molecular weight is 221 g/mol. The molecule has 0 saturated heterocycles. The van der Waals surface area contributed by atoms with Gasteiger partial charge in [0.25, 0.3) is 0 Å². The SMILES string of the molecule is CN(C(=O)CCc1ccco1)C1CCCC1. The second kappa shape index (κ2) is 5.19. The van der Waals surface area contributed by atoms with Gasteiger partial charge in [0, 0.05) is 25.9 Å². The molecule has 1 amide bonds. The van der Waals surface area contributed by atoms with Crippen molar-refractivity contribution < 1.29 is 9.21 Å². The molecule has 1 saturated carbocycles. The quantitative estimate of drug-likeness (QED) is 0.783. The van der Waals surface area contributed by atoms with Gasteiger partial charge in [-0.25, -0.2) is 0 Å². The third kappa shape index (κ3) is 2.65. The first-order chi connectivity index (χ1) is 7.77. The Morgan fingerprint density at radius 2 is 2.25 bits per heavy atom. The standard InChI is InChI=1S/C13H19NO2/c1-14(11-5-2-3-6-11)13(15)9-8-12-7-4-10-16-12/h4,7,10-11H,2-3,5-6,8-9H2,1H3. The summed E-state index contributed by atoms with van der Waals surface area (Å²) in [6.07, 6.45) is 7.79. The number of hydrogen-bond donors (Lipinski definition) is 0. The molecule has 0 radical (unpaired) electrons. The highest BCUT2D eigenvalue weighted by atomic mass is 16.3. The van der Waals surface area contributed by atoms with Crippen LogP contribution < -0.4 is 0 Å². The van der Waals surface area contributed by atoms with Crippen molar-refractivity contribution in [2.24, 2.45) is 0 Å². The molecule has 1 aromatic heterocycles. The van der Waals surface area contributed by atoms with Crippen molar-refractivity contribution >= 4 is 5.91 Å². The van der Waals surface area contributed by atoms with E-state index >= 15 is 0 Å². The maximum atomic E-state index is 11.9. The van der Waals surface area contributed by atoms with Crippen LogP contribution in [0.25, 0.3) is 0 Å². The third-order valence-electron chi connectivity index (χ3n) is 3.43. The Morgan fingerprint density at radius 3 is 2.88 bits per heavy atom. The Bertz CT molecular complexity index is 326. The lowest BCUT2D eigenvalue weighted by Crippen LogP contribution is -2.35. The normalized spacial score (nSPS) is 16.6. The molecular formula is C13H19NO2. The van der Waals surface area contributed by atoms with Crippen molar-refractivity contribution in [3.8, 4) is 0 Å². The second-order valence-electron chi connectivity index (χ2n) is 4.52. The topological polar surface area (TPSA) is 33.5 Å². The zero-order valence-corrected chi connectivity index (χ0v) is 9.82. The lowest BCUT2D eigenvalue weighted by atomic mass is 10.2. The number of aryl methyl sites for hydroxylation is 1. The largest absolute Gasteiger partial charge is 0.469 e. The molecule has 1 aliphatic rings. The van der Waals surface area contributed by atoms with Crippen molar-refractivity contribution in [2.75, 3.05) is 7.05 Å². The van der Waals surface area contributed by atoms with E-state index in [-0.39, 0.29) is 5.91 Å². The van der Waals surface area contributed by atoms with Crippen molar-refractivity contribution in [1.29, 1.82) is 0 Å². The molecule has 0 aromatic carbocycles. The van der Waals surface area contributed by atoms with Crippen LogP contribution in [0.4, 0.5) is 0 Å². The number of rotatable bonds is 4. The lowest BCUT2D eigenvalue weighted by Gasteiger charge is -2.24. The molecule has 16 heavy (non-hydrogen) atoms. The molecule has 0 N–H and O–H groups in total. The molecule has 1 aromatic rings. The van der Waals surface area contributed by atoms with E-state index in [1.807, 2.05) is 24.1 Å². The number of hydrogen-bond acceptors (Lipinski definition) is 2. The molecule has 1 heterocycles. The minimum absolute atomic E-state index is 0.239. The van der Waals surface area contributed by atoms with E-state index < -0.39 is 0 Å². The van der Waals surface area contributed by atoms with E-state index in [1.165, 1.54) is 25.7 Å². The van der Waals surface area contributed by atoms with E-state index in [0.717, 1.165) is 5.76 Å². The highest BCUT2D eigenvalue weighted by Crippen LogP contribution is 2.23. The number of carbonyl (C=O) groups is 1. The van der Waals surface area contributed by atoms with Crippen LogP contribution in [-0.2, 0) is 11.2 Å². The first-order valence-electron chi connectivity index (χ1n) is 6.05. The Labute approximate surface area is 96.4 Å². The van der Waals surface area contributed by atoms with Crippen LogP contribution in [0.3, 0.4) is 0 Å². The van der Waals surface area contributed by atoms with Gasteiger partial charge in [0.15, 0.2) is 0 Å². The summed E-state index contributed by atoms with van der Waals surface area (Å²) in [5, 5.41) is 0. The van der Waals surface area contributed by atoms with Crippen molar-refractivity contribution in [2.45, 2.75) is 44.6 Å². The molecule has 0 atom stereocenters. The van der Waals surface area contributed by atoms with Crippen molar-refractivity contribution in [3.63, 3.8) is 0 Å². The summed E-state index contributed by atoms with van der Waals surface area (Å²) in [5.41, 5.74) is 0. The summed E-state index contributed by atoms with van der Waals surface area (Å²) in [6.45, 7) is 0. The number of carbonyl (C=O) groups excluding carboxylic acids is 1. The molecule has 0 bridgehead atoms. The van der Waals surface area contributed by atoms with Crippen LogP contribution in [0.2, 0.25) is 0 Å². The van der Waals surface area contributed by atoms with Gasteiger partial charge in [0.2, 0.25) is 5.91 Å². The van der Waals surface area contributed by atoms with E-state index in [2.05, 4.69) is 0 Å².